The number of rotatable bonds is 5. The molecule has 2 aromatic heterocycles. The van der Waals surface area contributed by atoms with Crippen LogP contribution in [0.2, 0.25) is 0 Å². The van der Waals surface area contributed by atoms with E-state index in [1.54, 1.807) is 19.4 Å². The summed E-state index contributed by atoms with van der Waals surface area (Å²) in [5.41, 5.74) is 1.73. The van der Waals surface area contributed by atoms with Crippen LogP contribution in [-0.2, 0) is 17.8 Å². The van der Waals surface area contributed by atoms with Crippen LogP contribution in [0.4, 0.5) is 18.9 Å². The molecule has 1 aliphatic heterocycles. The number of anilines is 1. The van der Waals surface area contributed by atoms with Gasteiger partial charge in [0.1, 0.15) is 4.83 Å². The monoisotopic (exact) mass is 359 g/mol. The number of pyridine rings is 1. The fraction of sp³-hybridized carbons (Fsp3) is 0.562. The summed E-state index contributed by atoms with van der Waals surface area (Å²) in [6, 6.07) is 1.92. The zero-order valence-corrected chi connectivity index (χ0v) is 14.2. The van der Waals surface area contributed by atoms with Crippen LogP contribution in [0.5, 0.6) is 0 Å². The lowest BCUT2D eigenvalue weighted by molar-refractivity contribution is -0.126. The average molecular weight is 359 g/mol. The Morgan fingerprint density at radius 2 is 2.12 bits per heavy atom. The zero-order valence-electron chi connectivity index (χ0n) is 13.4. The molecule has 0 aliphatic carbocycles. The van der Waals surface area contributed by atoms with Crippen molar-refractivity contribution < 1.29 is 17.9 Å². The Kier molecular flexibility index (Phi) is 5.27. The molecule has 3 rings (SSSR count). The molecule has 2 aromatic rings. The van der Waals surface area contributed by atoms with Crippen LogP contribution in [0.3, 0.4) is 0 Å². The molecule has 0 atom stereocenters. The van der Waals surface area contributed by atoms with Gasteiger partial charge in [0.2, 0.25) is 0 Å². The van der Waals surface area contributed by atoms with Gasteiger partial charge in [-0.3, -0.25) is 0 Å². The lowest BCUT2D eigenvalue weighted by atomic mass is 10.0. The van der Waals surface area contributed by atoms with E-state index in [1.165, 1.54) is 0 Å². The second kappa shape index (κ2) is 7.25. The Morgan fingerprint density at radius 3 is 2.79 bits per heavy atom. The Bertz CT molecular complexity index is 696. The van der Waals surface area contributed by atoms with Crippen LogP contribution in [0, 0.1) is 0 Å². The molecule has 0 spiro atoms. The summed E-state index contributed by atoms with van der Waals surface area (Å²) < 4.78 is 43.3. The zero-order chi connectivity index (χ0) is 17.2. The maximum Gasteiger partial charge on any atom is 0.393 e. The normalized spacial score (nSPS) is 16.7. The minimum Gasteiger partial charge on any atom is -0.381 e. The van der Waals surface area contributed by atoms with Crippen molar-refractivity contribution in [2.24, 2.45) is 0 Å². The predicted octanol–water partition coefficient (Wildman–Crippen LogP) is 3.71. The van der Waals surface area contributed by atoms with Gasteiger partial charge in [0, 0.05) is 35.2 Å². The highest BCUT2D eigenvalue weighted by atomic mass is 32.1. The molecule has 2 N–H and O–H groups in total. The van der Waals surface area contributed by atoms with Gasteiger partial charge in [0.15, 0.2) is 0 Å². The van der Waals surface area contributed by atoms with Crippen LogP contribution in [-0.4, -0.2) is 37.4 Å². The van der Waals surface area contributed by atoms with Crippen molar-refractivity contribution in [2.45, 2.75) is 38.1 Å². The molecule has 1 fully saturated rings. The highest BCUT2D eigenvalue weighted by Crippen LogP contribution is 2.36. The summed E-state index contributed by atoms with van der Waals surface area (Å²) in [6.07, 6.45) is -1.46. The smallest absolute Gasteiger partial charge is 0.381 e. The molecule has 8 heteroatoms. The third-order valence-corrected chi connectivity index (χ3v) is 5.10. The second-order valence-corrected chi connectivity index (χ2v) is 7.10. The molecule has 0 radical (unpaired) electrons. The summed E-state index contributed by atoms with van der Waals surface area (Å²) in [5, 5.41) is 7.58. The number of fused-ring (bicyclic) bond motifs is 1. The summed E-state index contributed by atoms with van der Waals surface area (Å²) >= 11 is 1.10. The Hall–Kier alpha value is -1.38. The van der Waals surface area contributed by atoms with Crippen molar-refractivity contribution in [3.63, 3.8) is 0 Å². The third-order valence-electron chi connectivity index (χ3n) is 4.05. The molecule has 24 heavy (non-hydrogen) atoms. The van der Waals surface area contributed by atoms with E-state index < -0.39 is 12.6 Å². The number of nitrogens with zero attached hydrogens (tertiary/aromatic N) is 1. The summed E-state index contributed by atoms with van der Waals surface area (Å²) in [7, 11) is 1.60. The van der Waals surface area contributed by atoms with Gasteiger partial charge in [-0.05, 0) is 32.0 Å². The van der Waals surface area contributed by atoms with Crippen molar-refractivity contribution in [1.29, 1.82) is 0 Å². The van der Waals surface area contributed by atoms with Crippen molar-refractivity contribution in [3.05, 3.63) is 22.7 Å². The molecular weight excluding hydrogens is 339 g/mol. The molecule has 0 saturated carbocycles. The summed E-state index contributed by atoms with van der Waals surface area (Å²) in [5.74, 6) is 0. The summed E-state index contributed by atoms with van der Waals surface area (Å²) in [6.45, 7) is 2.25. The van der Waals surface area contributed by atoms with Crippen molar-refractivity contribution in [2.75, 3.05) is 25.5 Å². The van der Waals surface area contributed by atoms with Gasteiger partial charge in [0.25, 0.3) is 0 Å². The highest BCUT2D eigenvalue weighted by molar-refractivity contribution is 7.18. The van der Waals surface area contributed by atoms with Gasteiger partial charge in [-0.2, -0.15) is 13.2 Å². The Balaban J connectivity index is 1.96. The number of nitrogens with one attached hydrogen (secondary N) is 2. The van der Waals surface area contributed by atoms with Gasteiger partial charge in [-0.1, -0.05) is 0 Å². The Morgan fingerprint density at radius 1 is 1.38 bits per heavy atom. The van der Waals surface area contributed by atoms with Crippen molar-refractivity contribution in [1.82, 2.24) is 10.3 Å². The highest BCUT2D eigenvalue weighted by Gasteiger charge is 2.29. The van der Waals surface area contributed by atoms with E-state index in [1.807, 2.05) is 0 Å². The number of alkyl halides is 3. The average Bonchev–Trinajstić information content (AvgIpc) is 2.91. The van der Waals surface area contributed by atoms with Crippen molar-refractivity contribution >= 4 is 27.2 Å². The number of hydrogen-bond acceptors (Lipinski definition) is 5. The van der Waals surface area contributed by atoms with Gasteiger partial charge < -0.3 is 15.4 Å². The number of methoxy groups -OCH3 is 1. The lowest BCUT2D eigenvalue weighted by Gasteiger charge is -2.26. The maximum absolute atomic E-state index is 12.7. The van der Waals surface area contributed by atoms with Crippen LogP contribution >= 0.6 is 11.3 Å². The molecule has 4 nitrogen and oxygen atoms in total. The molecule has 1 saturated heterocycles. The number of halogens is 3. The first-order valence-corrected chi connectivity index (χ1v) is 8.71. The van der Waals surface area contributed by atoms with E-state index in [2.05, 4.69) is 15.6 Å². The standard InChI is InChI=1S/C16H20F3N3OS/c1-23-9-10-8-21-15-13(6-12(24-15)7-16(17,18)19)14(10)22-11-2-4-20-5-3-11/h6,8,11,20H,2-5,7,9H2,1H3,(H,21,22). The minimum absolute atomic E-state index is 0.285. The van der Waals surface area contributed by atoms with Crippen LogP contribution < -0.4 is 10.6 Å². The number of ether oxygens (including phenoxy) is 1. The molecule has 0 bridgehead atoms. The second-order valence-electron chi connectivity index (χ2n) is 5.98. The topological polar surface area (TPSA) is 46.2 Å². The van der Waals surface area contributed by atoms with E-state index >= 15 is 0 Å². The number of thiophene rings is 1. The SMILES string of the molecule is COCc1cnc2sc(CC(F)(F)F)cc2c1NC1CCNCC1. The van der Waals surface area contributed by atoms with Crippen LogP contribution in [0.25, 0.3) is 10.2 Å². The van der Waals surface area contributed by atoms with Gasteiger partial charge in [-0.25, -0.2) is 4.98 Å². The number of aromatic nitrogens is 1. The van der Waals surface area contributed by atoms with E-state index in [0.29, 0.717) is 17.5 Å². The summed E-state index contributed by atoms with van der Waals surface area (Å²) in [4.78, 5) is 5.24. The third kappa shape index (κ3) is 4.17. The molecule has 0 aromatic carbocycles. The van der Waals surface area contributed by atoms with Crippen LogP contribution in [0.15, 0.2) is 12.3 Å². The molecular formula is C16H20F3N3OS. The first-order valence-electron chi connectivity index (χ1n) is 7.89. The quantitative estimate of drug-likeness (QED) is 0.854. The predicted molar refractivity (Wildman–Crippen MR) is 89.6 cm³/mol. The number of piperidine rings is 1. The van der Waals surface area contributed by atoms with E-state index in [0.717, 1.165) is 53.9 Å². The van der Waals surface area contributed by atoms with E-state index in [-0.39, 0.29) is 4.88 Å². The maximum atomic E-state index is 12.7. The fourth-order valence-corrected chi connectivity index (χ4v) is 4.01. The Labute approximate surface area is 142 Å². The largest absolute Gasteiger partial charge is 0.393 e. The first kappa shape index (κ1) is 17.4. The van der Waals surface area contributed by atoms with E-state index in [4.69, 9.17) is 4.74 Å². The van der Waals surface area contributed by atoms with E-state index in [9.17, 15) is 13.2 Å². The molecule has 1 aliphatic rings. The lowest BCUT2D eigenvalue weighted by Crippen LogP contribution is -2.35. The van der Waals surface area contributed by atoms with Gasteiger partial charge >= 0.3 is 6.18 Å². The van der Waals surface area contributed by atoms with Gasteiger partial charge in [-0.15, -0.1) is 11.3 Å². The molecule has 0 unspecified atom stereocenters. The fourth-order valence-electron chi connectivity index (χ4n) is 2.97. The molecule has 3 heterocycles. The number of hydrogen-bond donors (Lipinski definition) is 2. The molecule has 132 valence electrons. The minimum atomic E-state index is -4.21. The first-order chi connectivity index (χ1) is 11.5. The van der Waals surface area contributed by atoms with Crippen LogP contribution in [0.1, 0.15) is 23.3 Å². The molecule has 0 amide bonds. The van der Waals surface area contributed by atoms with Gasteiger partial charge in [0.05, 0.1) is 18.7 Å². The van der Waals surface area contributed by atoms with Crippen molar-refractivity contribution in [3.8, 4) is 0 Å².